The molecule has 0 heterocycles. The van der Waals surface area contributed by atoms with Crippen LogP contribution in [-0.4, -0.2) is 36.6 Å². The van der Waals surface area contributed by atoms with Gasteiger partial charge in [0.05, 0.1) is 17.7 Å². The maximum Gasteiger partial charge on any atom is 0.387 e. The minimum atomic E-state index is -3.15. The summed E-state index contributed by atoms with van der Waals surface area (Å²) in [4.78, 5) is 34.8. The molecule has 0 aliphatic carbocycles. The minimum absolute atomic E-state index is 0.00367. The third-order valence-corrected chi connectivity index (χ3v) is 3.63. The number of halogens is 2. The van der Waals surface area contributed by atoms with Gasteiger partial charge < -0.3 is 19.5 Å². The van der Waals surface area contributed by atoms with Gasteiger partial charge in [-0.3, -0.25) is 14.9 Å². The van der Waals surface area contributed by atoms with Gasteiger partial charge in [0, 0.05) is 12.1 Å². The third kappa shape index (κ3) is 5.61. The Bertz CT molecular complexity index is 921. The number of nitrogens with one attached hydrogen (secondary N) is 1. The van der Waals surface area contributed by atoms with Crippen molar-refractivity contribution < 1.29 is 37.5 Å². The van der Waals surface area contributed by atoms with E-state index in [2.05, 4.69) is 10.1 Å². The first-order valence-corrected chi connectivity index (χ1v) is 8.11. The lowest BCUT2D eigenvalue weighted by Gasteiger charge is -2.16. The number of ether oxygens (including phenoxy) is 3. The molecular formula is C18H16F2N2O7. The van der Waals surface area contributed by atoms with E-state index >= 15 is 0 Å². The standard InChI is InChI=1S/C18H16F2N2O7/c1-10(28-17(24)12-5-3-4-6-14(12)29-18(19)20)16(23)21-13-9-11(22(25)26)7-8-15(13)27-2/h3-10,18H,1-2H3,(H,21,23). The summed E-state index contributed by atoms with van der Waals surface area (Å²) < 4.78 is 39.2. The number of para-hydroxylation sites is 1. The van der Waals surface area contributed by atoms with Gasteiger partial charge in [0.15, 0.2) is 6.10 Å². The lowest BCUT2D eigenvalue weighted by atomic mass is 10.2. The number of non-ortho nitro benzene ring substituents is 1. The average Bonchev–Trinajstić information content (AvgIpc) is 2.67. The number of carbonyl (C=O) groups is 2. The van der Waals surface area contributed by atoms with Crippen LogP contribution >= 0.6 is 0 Å². The molecule has 1 amide bonds. The summed E-state index contributed by atoms with van der Waals surface area (Å²) in [6, 6.07) is 8.72. The lowest BCUT2D eigenvalue weighted by Crippen LogP contribution is -2.30. The monoisotopic (exact) mass is 410 g/mol. The van der Waals surface area contributed by atoms with Crippen LogP contribution in [0.1, 0.15) is 17.3 Å². The molecule has 1 N–H and O–H groups in total. The third-order valence-electron chi connectivity index (χ3n) is 3.63. The van der Waals surface area contributed by atoms with E-state index in [1.807, 2.05) is 0 Å². The molecule has 11 heteroatoms. The summed E-state index contributed by atoms with van der Waals surface area (Å²) in [5, 5.41) is 13.3. The van der Waals surface area contributed by atoms with Crippen LogP contribution in [0.5, 0.6) is 11.5 Å². The van der Waals surface area contributed by atoms with Crippen LogP contribution in [0.4, 0.5) is 20.2 Å². The van der Waals surface area contributed by atoms with E-state index in [1.165, 1.54) is 44.4 Å². The predicted octanol–water partition coefficient (Wildman–Crippen LogP) is 3.39. The highest BCUT2D eigenvalue weighted by atomic mass is 19.3. The van der Waals surface area contributed by atoms with Crippen molar-refractivity contribution >= 4 is 23.3 Å². The Hall–Kier alpha value is -3.76. The molecule has 0 saturated heterocycles. The van der Waals surface area contributed by atoms with Crippen LogP contribution in [0.3, 0.4) is 0 Å². The number of anilines is 1. The van der Waals surface area contributed by atoms with Crippen molar-refractivity contribution in [1.29, 1.82) is 0 Å². The fraction of sp³-hybridized carbons (Fsp3) is 0.222. The number of rotatable bonds is 8. The first kappa shape index (κ1) is 21.5. The van der Waals surface area contributed by atoms with Gasteiger partial charge in [0.1, 0.15) is 17.1 Å². The van der Waals surface area contributed by atoms with E-state index in [4.69, 9.17) is 9.47 Å². The molecule has 154 valence electrons. The number of nitro groups is 1. The summed E-state index contributed by atoms with van der Waals surface area (Å²) in [7, 11) is 1.31. The first-order valence-electron chi connectivity index (χ1n) is 8.11. The SMILES string of the molecule is COc1ccc([N+](=O)[O-])cc1NC(=O)C(C)OC(=O)c1ccccc1OC(F)F. The van der Waals surface area contributed by atoms with Crippen molar-refractivity contribution in [3.05, 3.63) is 58.1 Å². The number of benzene rings is 2. The zero-order valence-corrected chi connectivity index (χ0v) is 15.3. The molecule has 0 aliphatic heterocycles. The molecule has 0 saturated carbocycles. The van der Waals surface area contributed by atoms with Gasteiger partial charge in [-0.1, -0.05) is 12.1 Å². The zero-order valence-electron chi connectivity index (χ0n) is 15.3. The summed E-state index contributed by atoms with van der Waals surface area (Å²) in [5.74, 6) is -2.13. The van der Waals surface area contributed by atoms with E-state index in [1.54, 1.807) is 0 Å². The Balaban J connectivity index is 2.13. The van der Waals surface area contributed by atoms with Crippen LogP contribution < -0.4 is 14.8 Å². The number of esters is 1. The van der Waals surface area contributed by atoms with Gasteiger partial charge in [-0.05, 0) is 25.1 Å². The molecule has 9 nitrogen and oxygen atoms in total. The fourth-order valence-electron chi connectivity index (χ4n) is 2.25. The van der Waals surface area contributed by atoms with Crippen LogP contribution in [0.15, 0.2) is 42.5 Å². The summed E-state index contributed by atoms with van der Waals surface area (Å²) in [5.41, 5.74) is -0.583. The van der Waals surface area contributed by atoms with Gasteiger partial charge in [-0.25, -0.2) is 4.79 Å². The normalized spacial score (nSPS) is 11.5. The van der Waals surface area contributed by atoms with E-state index in [-0.39, 0.29) is 22.7 Å². The van der Waals surface area contributed by atoms with Crippen molar-refractivity contribution in [3.63, 3.8) is 0 Å². The van der Waals surface area contributed by atoms with Gasteiger partial charge in [-0.2, -0.15) is 8.78 Å². The van der Waals surface area contributed by atoms with E-state index < -0.39 is 35.3 Å². The lowest BCUT2D eigenvalue weighted by molar-refractivity contribution is -0.384. The molecule has 2 rings (SSSR count). The van der Waals surface area contributed by atoms with Crippen LogP contribution in [0.2, 0.25) is 0 Å². The van der Waals surface area contributed by atoms with Crippen molar-refractivity contribution in [2.45, 2.75) is 19.6 Å². The van der Waals surface area contributed by atoms with Gasteiger partial charge in [-0.15, -0.1) is 0 Å². The van der Waals surface area contributed by atoms with Crippen molar-refractivity contribution in [1.82, 2.24) is 0 Å². The number of carbonyl (C=O) groups excluding carboxylic acids is 2. The second kappa shape index (κ2) is 9.44. The Morgan fingerprint density at radius 2 is 1.83 bits per heavy atom. The maximum absolute atomic E-state index is 12.5. The fourth-order valence-corrected chi connectivity index (χ4v) is 2.25. The van der Waals surface area contributed by atoms with Crippen molar-refractivity contribution in [3.8, 4) is 11.5 Å². The predicted molar refractivity (Wildman–Crippen MR) is 96.2 cm³/mol. The highest BCUT2D eigenvalue weighted by Crippen LogP contribution is 2.29. The molecule has 0 aromatic heterocycles. The smallest absolute Gasteiger partial charge is 0.387 e. The summed E-state index contributed by atoms with van der Waals surface area (Å²) in [6.45, 7) is -1.90. The Labute approximate surface area is 163 Å². The van der Waals surface area contributed by atoms with Crippen LogP contribution in [0, 0.1) is 10.1 Å². The largest absolute Gasteiger partial charge is 0.495 e. The molecular weight excluding hydrogens is 394 g/mol. The maximum atomic E-state index is 12.5. The van der Waals surface area contributed by atoms with Gasteiger partial charge >= 0.3 is 12.6 Å². The molecule has 29 heavy (non-hydrogen) atoms. The highest BCUT2D eigenvalue weighted by Gasteiger charge is 2.24. The molecule has 2 aromatic rings. The summed E-state index contributed by atoms with van der Waals surface area (Å²) >= 11 is 0. The second-order valence-electron chi connectivity index (χ2n) is 5.55. The van der Waals surface area contributed by atoms with Crippen molar-refractivity contribution in [2.75, 3.05) is 12.4 Å². The van der Waals surface area contributed by atoms with Crippen LogP contribution in [0.25, 0.3) is 0 Å². The van der Waals surface area contributed by atoms with E-state index in [0.717, 1.165) is 12.1 Å². The highest BCUT2D eigenvalue weighted by molar-refractivity contribution is 5.99. The quantitative estimate of drug-likeness (QED) is 0.403. The van der Waals surface area contributed by atoms with Crippen molar-refractivity contribution in [2.24, 2.45) is 0 Å². The average molecular weight is 410 g/mol. The zero-order chi connectivity index (χ0) is 21.6. The van der Waals surface area contributed by atoms with E-state index in [0.29, 0.717) is 0 Å². The molecule has 0 radical (unpaired) electrons. The molecule has 0 aliphatic rings. The molecule has 1 unspecified atom stereocenters. The minimum Gasteiger partial charge on any atom is -0.495 e. The molecule has 0 bridgehead atoms. The topological polar surface area (TPSA) is 117 Å². The first-order chi connectivity index (χ1) is 13.7. The number of amides is 1. The van der Waals surface area contributed by atoms with Crippen LogP contribution in [-0.2, 0) is 9.53 Å². The van der Waals surface area contributed by atoms with Gasteiger partial charge in [0.2, 0.25) is 0 Å². The molecule has 2 aromatic carbocycles. The Morgan fingerprint density at radius 1 is 1.14 bits per heavy atom. The second-order valence-corrected chi connectivity index (χ2v) is 5.55. The summed E-state index contributed by atoms with van der Waals surface area (Å²) in [6.07, 6.45) is -1.36. The number of hydrogen-bond acceptors (Lipinski definition) is 7. The number of methoxy groups -OCH3 is 1. The number of hydrogen-bond donors (Lipinski definition) is 1. The molecule has 0 spiro atoms. The number of alkyl halides is 2. The Morgan fingerprint density at radius 3 is 2.45 bits per heavy atom. The number of nitro benzene ring substituents is 1. The Kier molecular flexibility index (Phi) is 7.01. The number of nitrogens with zero attached hydrogens (tertiary/aromatic N) is 1. The molecule has 0 fully saturated rings. The van der Waals surface area contributed by atoms with Gasteiger partial charge in [0.25, 0.3) is 11.6 Å². The van der Waals surface area contributed by atoms with E-state index in [9.17, 15) is 28.5 Å². The molecule has 1 atom stereocenters.